The molecule has 202 valence electrons. The van der Waals surface area contributed by atoms with E-state index in [1.54, 1.807) is 6.07 Å². The standard InChI is InChI=1S/C30H40FN3O2.ClH/c1-21-17-26(28(32-36)12-6-7-13-33-14-8-9-15-33)18-22(2)29(21)34-20-24(16-23(3)30(34)35)19-25-10-4-5-11-27(25)31;/h4-5,10-11,17-18,23-24,36H,6-9,12-16,19-20H2,1-3H3;1H/b32-28+;/t23-,24-;/m1./s1. The molecule has 0 radical (unpaired) electrons. The van der Waals surface area contributed by atoms with Gasteiger partial charge in [-0.05, 0) is 125 Å². The zero-order chi connectivity index (χ0) is 25.7. The van der Waals surface area contributed by atoms with Crippen LogP contribution in [-0.2, 0) is 11.2 Å². The van der Waals surface area contributed by atoms with Crippen molar-refractivity contribution in [1.82, 2.24) is 4.90 Å². The number of rotatable bonds is 9. The van der Waals surface area contributed by atoms with Crippen LogP contribution in [0.5, 0.6) is 0 Å². The topological polar surface area (TPSA) is 56.1 Å². The van der Waals surface area contributed by atoms with Crippen LogP contribution in [0.2, 0.25) is 0 Å². The van der Waals surface area contributed by atoms with E-state index in [9.17, 15) is 14.4 Å². The number of aryl methyl sites for hydroxylation is 2. The molecule has 0 aromatic heterocycles. The summed E-state index contributed by atoms with van der Waals surface area (Å²) in [5.41, 5.74) is 5.25. The van der Waals surface area contributed by atoms with E-state index in [2.05, 4.69) is 10.1 Å². The highest BCUT2D eigenvalue weighted by Gasteiger charge is 2.34. The van der Waals surface area contributed by atoms with E-state index in [-0.39, 0.29) is 36.0 Å². The Morgan fingerprint density at radius 3 is 2.43 bits per heavy atom. The number of likely N-dealkylation sites (tertiary alicyclic amines) is 1. The van der Waals surface area contributed by atoms with Crippen LogP contribution in [0.4, 0.5) is 10.1 Å². The van der Waals surface area contributed by atoms with Crippen LogP contribution in [0.15, 0.2) is 41.6 Å². The summed E-state index contributed by atoms with van der Waals surface area (Å²) in [6.07, 6.45) is 6.79. The number of hydrogen-bond acceptors (Lipinski definition) is 4. The van der Waals surface area contributed by atoms with Gasteiger partial charge in [0, 0.05) is 18.2 Å². The van der Waals surface area contributed by atoms with E-state index >= 15 is 0 Å². The molecule has 1 amide bonds. The van der Waals surface area contributed by atoms with Gasteiger partial charge in [-0.15, -0.1) is 12.4 Å². The van der Waals surface area contributed by atoms with Crippen LogP contribution in [0.1, 0.15) is 67.7 Å². The maximum absolute atomic E-state index is 14.3. The molecule has 2 aromatic rings. The summed E-state index contributed by atoms with van der Waals surface area (Å²) in [6, 6.07) is 11.0. The predicted octanol–water partition coefficient (Wildman–Crippen LogP) is 6.54. The smallest absolute Gasteiger partial charge is 0.229 e. The number of hydrogen-bond donors (Lipinski definition) is 1. The molecule has 37 heavy (non-hydrogen) atoms. The average Bonchev–Trinajstić information content (AvgIpc) is 3.36. The molecule has 2 aliphatic heterocycles. The van der Waals surface area contributed by atoms with Gasteiger partial charge in [0.05, 0.1) is 5.71 Å². The number of nitrogens with zero attached hydrogens (tertiary/aromatic N) is 3. The van der Waals surface area contributed by atoms with Crippen LogP contribution >= 0.6 is 12.4 Å². The van der Waals surface area contributed by atoms with Crippen molar-refractivity contribution in [1.29, 1.82) is 0 Å². The molecular formula is C30H41ClFN3O2. The molecular weight excluding hydrogens is 489 g/mol. The molecule has 2 saturated heterocycles. The van der Waals surface area contributed by atoms with E-state index in [0.717, 1.165) is 54.6 Å². The molecule has 2 aromatic carbocycles. The molecule has 0 saturated carbocycles. The lowest BCUT2D eigenvalue weighted by molar-refractivity contribution is -0.124. The first kappa shape index (κ1) is 29.1. The number of oxime groups is 1. The van der Waals surface area contributed by atoms with Crippen LogP contribution in [0.3, 0.4) is 0 Å². The maximum Gasteiger partial charge on any atom is 0.229 e. The Balaban J connectivity index is 0.00000380. The summed E-state index contributed by atoms with van der Waals surface area (Å²) in [4.78, 5) is 17.6. The van der Waals surface area contributed by atoms with Gasteiger partial charge >= 0.3 is 0 Å². The summed E-state index contributed by atoms with van der Waals surface area (Å²) < 4.78 is 14.3. The van der Waals surface area contributed by atoms with Crippen LogP contribution in [0.25, 0.3) is 0 Å². The molecule has 0 spiro atoms. The summed E-state index contributed by atoms with van der Waals surface area (Å²) in [6.45, 7) is 10.1. The zero-order valence-corrected chi connectivity index (χ0v) is 23.2. The van der Waals surface area contributed by atoms with Crippen LogP contribution in [-0.4, -0.2) is 47.9 Å². The summed E-state index contributed by atoms with van der Waals surface area (Å²) in [7, 11) is 0. The summed E-state index contributed by atoms with van der Waals surface area (Å²) in [5, 5.41) is 13.4. The Bertz CT molecular complexity index is 1080. The van der Waals surface area contributed by atoms with Gasteiger partial charge in [0.25, 0.3) is 0 Å². The molecule has 4 rings (SSSR count). The van der Waals surface area contributed by atoms with Crippen molar-refractivity contribution >= 4 is 29.7 Å². The fourth-order valence-electron chi connectivity index (χ4n) is 6.05. The number of benzene rings is 2. The maximum atomic E-state index is 14.3. The fourth-order valence-corrected chi connectivity index (χ4v) is 6.05. The van der Waals surface area contributed by atoms with Crippen molar-refractivity contribution in [2.75, 3.05) is 31.1 Å². The van der Waals surface area contributed by atoms with E-state index in [1.165, 1.54) is 32.0 Å². The van der Waals surface area contributed by atoms with E-state index in [4.69, 9.17) is 0 Å². The number of halogens is 2. The minimum absolute atomic E-state index is 0. The van der Waals surface area contributed by atoms with Crippen molar-refractivity contribution in [3.05, 3.63) is 64.5 Å². The van der Waals surface area contributed by atoms with E-state index in [1.807, 2.05) is 49.9 Å². The van der Waals surface area contributed by atoms with Crippen LogP contribution in [0, 0.1) is 31.5 Å². The summed E-state index contributed by atoms with van der Waals surface area (Å²) in [5.74, 6) is 0.0238. The molecule has 7 heteroatoms. The Morgan fingerprint density at radius 2 is 1.78 bits per heavy atom. The largest absolute Gasteiger partial charge is 0.411 e. The van der Waals surface area contributed by atoms with Gasteiger partial charge in [-0.3, -0.25) is 4.79 Å². The van der Waals surface area contributed by atoms with Crippen molar-refractivity contribution in [3.63, 3.8) is 0 Å². The number of carbonyl (C=O) groups is 1. The first-order chi connectivity index (χ1) is 17.4. The third-order valence-corrected chi connectivity index (χ3v) is 7.83. The SMILES string of the molecule is Cc1cc(/C(CCCCN2CCCC2)=N/O)cc(C)c1N1C[C@@H](Cc2ccccc2F)C[C@@H](C)C1=O.Cl. The average molecular weight is 530 g/mol. The van der Waals surface area contributed by atoms with Gasteiger partial charge in [0.15, 0.2) is 0 Å². The summed E-state index contributed by atoms with van der Waals surface area (Å²) >= 11 is 0. The number of amides is 1. The Kier molecular flexibility index (Phi) is 10.5. The molecule has 2 atom stereocenters. The second-order valence-corrected chi connectivity index (χ2v) is 10.8. The van der Waals surface area contributed by atoms with Crippen molar-refractivity contribution in [3.8, 4) is 0 Å². The van der Waals surface area contributed by atoms with Gasteiger partial charge in [0.1, 0.15) is 5.82 Å². The lowest BCUT2D eigenvalue weighted by atomic mass is 9.84. The number of piperidine rings is 1. The first-order valence-corrected chi connectivity index (χ1v) is 13.5. The molecule has 2 fully saturated rings. The van der Waals surface area contributed by atoms with Crippen molar-refractivity contribution in [2.45, 2.75) is 65.7 Å². The Hall–Kier alpha value is -2.44. The van der Waals surface area contributed by atoms with Gasteiger partial charge in [0.2, 0.25) is 5.91 Å². The third-order valence-electron chi connectivity index (χ3n) is 7.83. The lowest BCUT2D eigenvalue weighted by Gasteiger charge is -2.38. The minimum atomic E-state index is -0.179. The predicted molar refractivity (Wildman–Crippen MR) is 151 cm³/mol. The molecule has 0 aliphatic carbocycles. The van der Waals surface area contributed by atoms with Crippen LogP contribution < -0.4 is 4.90 Å². The minimum Gasteiger partial charge on any atom is -0.411 e. The van der Waals surface area contributed by atoms with Crippen molar-refractivity contribution < 1.29 is 14.4 Å². The number of anilines is 1. The van der Waals surface area contributed by atoms with Gasteiger partial charge in [-0.25, -0.2) is 4.39 Å². The quantitative estimate of drug-likeness (QED) is 0.174. The van der Waals surface area contributed by atoms with Gasteiger partial charge in [-0.2, -0.15) is 0 Å². The highest BCUT2D eigenvalue weighted by Crippen LogP contribution is 2.35. The number of carbonyl (C=O) groups excluding carboxylic acids is 1. The lowest BCUT2D eigenvalue weighted by Crippen LogP contribution is -2.46. The highest BCUT2D eigenvalue weighted by atomic mass is 35.5. The molecule has 0 unspecified atom stereocenters. The monoisotopic (exact) mass is 529 g/mol. The third kappa shape index (κ3) is 7.11. The zero-order valence-electron chi connectivity index (χ0n) is 22.4. The van der Waals surface area contributed by atoms with Crippen molar-refractivity contribution in [2.24, 2.45) is 17.0 Å². The Labute approximate surface area is 227 Å². The van der Waals surface area contributed by atoms with Gasteiger partial charge < -0.3 is 15.0 Å². The Morgan fingerprint density at radius 1 is 1.11 bits per heavy atom. The second-order valence-electron chi connectivity index (χ2n) is 10.8. The highest BCUT2D eigenvalue weighted by molar-refractivity contribution is 6.02. The molecule has 2 aliphatic rings. The normalized spacial score (nSPS) is 20.8. The van der Waals surface area contributed by atoms with Gasteiger partial charge in [-0.1, -0.05) is 30.3 Å². The van der Waals surface area contributed by atoms with E-state index < -0.39 is 0 Å². The first-order valence-electron chi connectivity index (χ1n) is 13.5. The number of unbranched alkanes of at least 4 members (excludes halogenated alkanes) is 1. The molecule has 5 nitrogen and oxygen atoms in total. The second kappa shape index (κ2) is 13.4. The fraction of sp³-hybridized carbons (Fsp3) is 0.533. The molecule has 0 bridgehead atoms. The molecule has 2 heterocycles. The van der Waals surface area contributed by atoms with E-state index in [0.29, 0.717) is 24.2 Å². The molecule has 1 N–H and O–H groups in total.